The Morgan fingerprint density at radius 2 is 2.29 bits per heavy atom. The fraction of sp³-hybridized carbons (Fsp3) is 0.273. The van der Waals surface area contributed by atoms with Crippen LogP contribution in [0.1, 0.15) is 12.5 Å². The first-order valence-electron chi connectivity index (χ1n) is 4.39. The van der Waals surface area contributed by atoms with Crippen LogP contribution in [0.15, 0.2) is 18.2 Å². The number of halogens is 1. The Bertz CT molecular complexity index is 365. The highest BCUT2D eigenvalue weighted by atomic mass is 19.1. The average Bonchev–Trinajstić information content (AvgIpc) is 2.19. The van der Waals surface area contributed by atoms with Gasteiger partial charge in [-0.2, -0.15) is 0 Å². The molecule has 0 unspecified atom stereocenters. The van der Waals surface area contributed by atoms with Gasteiger partial charge < -0.3 is 10.5 Å². The van der Waals surface area contributed by atoms with Crippen molar-refractivity contribution in [2.45, 2.75) is 6.92 Å². The summed E-state index contributed by atoms with van der Waals surface area (Å²) >= 11 is 0. The molecule has 0 radical (unpaired) electrons. The van der Waals surface area contributed by atoms with Crippen LogP contribution >= 0.6 is 0 Å². The van der Waals surface area contributed by atoms with Gasteiger partial charge >= 0.3 is 0 Å². The summed E-state index contributed by atoms with van der Waals surface area (Å²) in [6.45, 7) is 2.53. The highest BCUT2D eigenvalue weighted by molar-refractivity contribution is 5.40. The van der Waals surface area contributed by atoms with E-state index < -0.39 is 0 Å². The van der Waals surface area contributed by atoms with E-state index in [2.05, 4.69) is 11.8 Å². The van der Waals surface area contributed by atoms with Crippen LogP contribution in [0.25, 0.3) is 0 Å². The zero-order valence-electron chi connectivity index (χ0n) is 8.01. The summed E-state index contributed by atoms with van der Waals surface area (Å²) in [5, 5.41) is 0. The molecule has 14 heavy (non-hydrogen) atoms. The molecule has 0 saturated heterocycles. The Hall–Kier alpha value is -1.53. The second-order valence-electron chi connectivity index (χ2n) is 2.58. The summed E-state index contributed by atoms with van der Waals surface area (Å²) < 4.78 is 18.2. The number of hydrogen-bond acceptors (Lipinski definition) is 2. The first kappa shape index (κ1) is 10.6. The average molecular weight is 193 g/mol. The predicted octanol–water partition coefficient (Wildman–Crippen LogP) is 1.53. The lowest BCUT2D eigenvalue weighted by molar-refractivity contribution is 0.321. The predicted molar refractivity (Wildman–Crippen MR) is 53.5 cm³/mol. The van der Waals surface area contributed by atoms with Crippen molar-refractivity contribution in [3.63, 3.8) is 0 Å². The lowest BCUT2D eigenvalue weighted by atomic mass is 10.2. The van der Waals surface area contributed by atoms with Gasteiger partial charge in [0.15, 0.2) is 11.6 Å². The Morgan fingerprint density at radius 3 is 2.93 bits per heavy atom. The van der Waals surface area contributed by atoms with Crippen LogP contribution in [0.2, 0.25) is 0 Å². The van der Waals surface area contributed by atoms with Gasteiger partial charge in [0.2, 0.25) is 0 Å². The smallest absolute Gasteiger partial charge is 0.165 e. The maximum Gasteiger partial charge on any atom is 0.165 e. The summed E-state index contributed by atoms with van der Waals surface area (Å²) in [5.74, 6) is 5.36. The summed E-state index contributed by atoms with van der Waals surface area (Å²) in [6.07, 6.45) is 0. The van der Waals surface area contributed by atoms with Crippen molar-refractivity contribution in [1.82, 2.24) is 0 Å². The molecule has 74 valence electrons. The molecule has 0 saturated carbocycles. The quantitative estimate of drug-likeness (QED) is 0.723. The van der Waals surface area contributed by atoms with E-state index >= 15 is 0 Å². The van der Waals surface area contributed by atoms with Crippen LogP contribution in [0, 0.1) is 17.7 Å². The van der Waals surface area contributed by atoms with Crippen molar-refractivity contribution in [1.29, 1.82) is 0 Å². The Kier molecular flexibility index (Phi) is 3.96. The van der Waals surface area contributed by atoms with Gasteiger partial charge in [-0.05, 0) is 25.1 Å². The molecule has 1 rings (SSSR count). The molecule has 0 bridgehead atoms. The minimum Gasteiger partial charge on any atom is -0.491 e. The third-order valence-electron chi connectivity index (χ3n) is 1.57. The molecule has 0 aromatic heterocycles. The maximum absolute atomic E-state index is 13.1. The van der Waals surface area contributed by atoms with Crippen LogP contribution in [0.4, 0.5) is 4.39 Å². The van der Waals surface area contributed by atoms with Crippen molar-refractivity contribution >= 4 is 0 Å². The van der Waals surface area contributed by atoms with E-state index in [4.69, 9.17) is 10.5 Å². The standard InChI is InChI=1S/C11H12FNO/c1-2-14-11-8-9(4-3-7-13)5-6-10(11)12/h5-6,8H,2,7,13H2,1H3. The van der Waals surface area contributed by atoms with Gasteiger partial charge in [-0.1, -0.05) is 11.8 Å². The Morgan fingerprint density at radius 1 is 1.50 bits per heavy atom. The molecular formula is C11H12FNO. The van der Waals surface area contributed by atoms with Crippen LogP contribution in [-0.2, 0) is 0 Å². The molecule has 0 atom stereocenters. The first-order valence-corrected chi connectivity index (χ1v) is 4.39. The molecule has 0 spiro atoms. The minimum absolute atomic E-state index is 0.233. The summed E-state index contributed by atoms with van der Waals surface area (Å²) in [4.78, 5) is 0. The zero-order valence-corrected chi connectivity index (χ0v) is 8.01. The summed E-state index contributed by atoms with van der Waals surface area (Å²) in [7, 11) is 0. The van der Waals surface area contributed by atoms with Crippen LogP contribution in [0.5, 0.6) is 5.75 Å². The fourth-order valence-electron chi connectivity index (χ4n) is 1.00. The molecule has 0 aliphatic rings. The van der Waals surface area contributed by atoms with E-state index in [9.17, 15) is 4.39 Å². The monoisotopic (exact) mass is 193 g/mol. The molecule has 2 nitrogen and oxygen atoms in total. The largest absolute Gasteiger partial charge is 0.491 e. The second kappa shape index (κ2) is 5.25. The van der Waals surface area contributed by atoms with Crippen molar-refractivity contribution < 1.29 is 9.13 Å². The first-order chi connectivity index (χ1) is 6.77. The fourth-order valence-corrected chi connectivity index (χ4v) is 1.00. The van der Waals surface area contributed by atoms with E-state index in [1.54, 1.807) is 19.1 Å². The van der Waals surface area contributed by atoms with Crippen molar-refractivity contribution in [3.05, 3.63) is 29.6 Å². The molecule has 0 fully saturated rings. The number of nitrogens with two attached hydrogens (primary N) is 1. The van der Waals surface area contributed by atoms with E-state index in [0.29, 0.717) is 18.7 Å². The highest BCUT2D eigenvalue weighted by Crippen LogP contribution is 2.18. The lowest BCUT2D eigenvalue weighted by Crippen LogP contribution is -1.95. The zero-order chi connectivity index (χ0) is 10.4. The number of rotatable bonds is 2. The van der Waals surface area contributed by atoms with Crippen molar-refractivity contribution in [2.75, 3.05) is 13.2 Å². The van der Waals surface area contributed by atoms with E-state index in [-0.39, 0.29) is 11.6 Å². The van der Waals surface area contributed by atoms with Gasteiger partial charge in [-0.15, -0.1) is 0 Å². The Balaban J connectivity index is 2.94. The molecule has 0 amide bonds. The molecule has 1 aromatic rings. The van der Waals surface area contributed by atoms with E-state index in [0.717, 1.165) is 0 Å². The molecule has 0 aliphatic carbocycles. The van der Waals surface area contributed by atoms with Crippen molar-refractivity contribution in [3.8, 4) is 17.6 Å². The van der Waals surface area contributed by atoms with E-state index in [1.807, 2.05) is 0 Å². The number of ether oxygens (including phenoxy) is 1. The lowest BCUT2D eigenvalue weighted by Gasteiger charge is -2.03. The van der Waals surface area contributed by atoms with Gasteiger partial charge in [0.05, 0.1) is 13.2 Å². The van der Waals surface area contributed by atoms with Crippen LogP contribution in [0.3, 0.4) is 0 Å². The molecule has 0 heterocycles. The highest BCUT2D eigenvalue weighted by Gasteiger charge is 2.02. The number of hydrogen-bond donors (Lipinski definition) is 1. The summed E-state index contributed by atoms with van der Waals surface area (Å²) in [6, 6.07) is 4.51. The maximum atomic E-state index is 13.1. The van der Waals surface area contributed by atoms with Gasteiger partial charge in [0.25, 0.3) is 0 Å². The Labute approximate surface area is 82.9 Å². The van der Waals surface area contributed by atoms with Crippen LogP contribution in [-0.4, -0.2) is 13.2 Å². The molecule has 3 heteroatoms. The van der Waals surface area contributed by atoms with Gasteiger partial charge in [0.1, 0.15) is 0 Å². The third kappa shape index (κ3) is 2.75. The van der Waals surface area contributed by atoms with Gasteiger partial charge in [-0.25, -0.2) is 4.39 Å². The third-order valence-corrected chi connectivity index (χ3v) is 1.57. The van der Waals surface area contributed by atoms with Crippen molar-refractivity contribution in [2.24, 2.45) is 5.73 Å². The van der Waals surface area contributed by atoms with Gasteiger partial charge in [0, 0.05) is 5.56 Å². The topological polar surface area (TPSA) is 35.2 Å². The molecule has 2 N–H and O–H groups in total. The normalized spacial score (nSPS) is 9.07. The molecule has 0 aliphatic heterocycles. The molecular weight excluding hydrogens is 181 g/mol. The SMILES string of the molecule is CCOc1cc(C#CCN)ccc1F. The molecule has 1 aromatic carbocycles. The summed E-state index contributed by atoms with van der Waals surface area (Å²) in [5.41, 5.74) is 5.93. The van der Waals surface area contributed by atoms with Crippen LogP contribution < -0.4 is 10.5 Å². The van der Waals surface area contributed by atoms with E-state index in [1.165, 1.54) is 6.07 Å². The number of benzene rings is 1. The minimum atomic E-state index is -0.370. The van der Waals surface area contributed by atoms with Gasteiger partial charge in [-0.3, -0.25) is 0 Å². The second-order valence-corrected chi connectivity index (χ2v) is 2.58.